The van der Waals surface area contributed by atoms with E-state index in [-0.39, 0.29) is 24.4 Å². The Bertz CT molecular complexity index is 1070. The van der Waals surface area contributed by atoms with Crippen molar-refractivity contribution in [3.05, 3.63) is 74.6 Å². The molecule has 3 rings (SSSR count). The highest BCUT2D eigenvalue weighted by Gasteiger charge is 2.09. The number of carbonyl (C=O) groups is 1. The van der Waals surface area contributed by atoms with Gasteiger partial charge in [0, 0.05) is 12.1 Å². The minimum Gasteiger partial charge on any atom is -0.326 e. The molecule has 2 N–H and O–H groups in total. The van der Waals surface area contributed by atoms with Gasteiger partial charge in [-0.2, -0.15) is 0 Å². The van der Waals surface area contributed by atoms with Crippen molar-refractivity contribution < 1.29 is 9.18 Å². The maximum absolute atomic E-state index is 13.5. The number of nitrogens with zero attached hydrogens (tertiary/aromatic N) is 1. The molecule has 0 saturated heterocycles. The van der Waals surface area contributed by atoms with E-state index in [1.165, 1.54) is 6.07 Å². The SMILES string of the molecule is Cc1ccc(NC(=O)CCn2[nH]c(=O)c3ccccc3c2=O)cc1F. The van der Waals surface area contributed by atoms with Crippen LogP contribution in [0.25, 0.3) is 10.8 Å². The van der Waals surface area contributed by atoms with Crippen molar-refractivity contribution in [1.29, 1.82) is 0 Å². The molecule has 0 aliphatic carbocycles. The van der Waals surface area contributed by atoms with Crippen LogP contribution in [0.4, 0.5) is 10.1 Å². The second kappa shape index (κ2) is 6.72. The first-order valence-corrected chi connectivity index (χ1v) is 7.73. The highest BCUT2D eigenvalue weighted by molar-refractivity contribution is 5.90. The van der Waals surface area contributed by atoms with Crippen LogP contribution < -0.4 is 16.4 Å². The normalized spacial score (nSPS) is 10.8. The van der Waals surface area contributed by atoms with Gasteiger partial charge in [0.1, 0.15) is 5.82 Å². The van der Waals surface area contributed by atoms with Crippen LogP contribution >= 0.6 is 0 Å². The summed E-state index contributed by atoms with van der Waals surface area (Å²) in [5.41, 5.74) is 0.0614. The van der Waals surface area contributed by atoms with Gasteiger partial charge >= 0.3 is 0 Å². The molecule has 25 heavy (non-hydrogen) atoms. The highest BCUT2D eigenvalue weighted by Crippen LogP contribution is 2.13. The smallest absolute Gasteiger partial charge is 0.273 e. The van der Waals surface area contributed by atoms with E-state index in [1.54, 1.807) is 43.3 Å². The lowest BCUT2D eigenvalue weighted by atomic mass is 10.2. The summed E-state index contributed by atoms with van der Waals surface area (Å²) in [7, 11) is 0. The van der Waals surface area contributed by atoms with E-state index in [0.29, 0.717) is 22.0 Å². The van der Waals surface area contributed by atoms with Crippen LogP contribution in [0.3, 0.4) is 0 Å². The fraction of sp³-hybridized carbons (Fsp3) is 0.167. The molecule has 3 aromatic rings. The standard InChI is InChI=1S/C18H16FN3O3/c1-11-6-7-12(10-15(11)19)20-16(23)8-9-22-18(25)14-5-3-2-4-13(14)17(24)21-22/h2-7,10H,8-9H2,1H3,(H,20,23)(H,21,24). The fourth-order valence-corrected chi connectivity index (χ4v) is 2.51. The number of H-pyrrole nitrogens is 1. The van der Waals surface area contributed by atoms with E-state index < -0.39 is 11.4 Å². The largest absolute Gasteiger partial charge is 0.326 e. The molecule has 0 aliphatic rings. The molecule has 128 valence electrons. The van der Waals surface area contributed by atoms with Gasteiger partial charge in [-0.3, -0.25) is 19.5 Å². The summed E-state index contributed by atoms with van der Waals surface area (Å²) in [5.74, 6) is -0.794. The number of carbonyl (C=O) groups excluding carboxylic acids is 1. The molecule has 0 spiro atoms. The predicted molar refractivity (Wildman–Crippen MR) is 93.2 cm³/mol. The quantitative estimate of drug-likeness (QED) is 0.763. The molecule has 1 aromatic heterocycles. The lowest BCUT2D eigenvalue weighted by Crippen LogP contribution is -2.31. The average Bonchev–Trinajstić information content (AvgIpc) is 2.60. The summed E-state index contributed by atoms with van der Waals surface area (Å²) in [4.78, 5) is 36.3. The van der Waals surface area contributed by atoms with Crippen molar-refractivity contribution in [2.24, 2.45) is 0 Å². The summed E-state index contributed by atoms with van der Waals surface area (Å²) in [6, 6.07) is 10.9. The van der Waals surface area contributed by atoms with Gasteiger partial charge in [-0.05, 0) is 36.8 Å². The fourth-order valence-electron chi connectivity index (χ4n) is 2.51. The van der Waals surface area contributed by atoms with Gasteiger partial charge < -0.3 is 5.32 Å². The number of aryl methyl sites for hydroxylation is 2. The van der Waals surface area contributed by atoms with Crippen LogP contribution in [-0.4, -0.2) is 15.7 Å². The Morgan fingerprint density at radius 1 is 1.16 bits per heavy atom. The number of anilines is 1. The molecule has 0 unspecified atom stereocenters. The van der Waals surface area contributed by atoms with Crippen molar-refractivity contribution in [3.8, 4) is 0 Å². The number of amides is 1. The number of rotatable bonds is 4. The van der Waals surface area contributed by atoms with Crippen molar-refractivity contribution >= 4 is 22.4 Å². The van der Waals surface area contributed by atoms with Crippen molar-refractivity contribution in [2.75, 3.05) is 5.32 Å². The van der Waals surface area contributed by atoms with Crippen LogP contribution in [0, 0.1) is 12.7 Å². The zero-order valence-corrected chi connectivity index (χ0v) is 13.5. The third-order valence-electron chi connectivity index (χ3n) is 3.90. The molecule has 1 heterocycles. The molecule has 1 amide bonds. The first-order chi connectivity index (χ1) is 12.0. The average molecular weight is 341 g/mol. The van der Waals surface area contributed by atoms with Crippen LogP contribution in [0.2, 0.25) is 0 Å². The van der Waals surface area contributed by atoms with Gasteiger partial charge in [-0.15, -0.1) is 0 Å². The number of hydrogen-bond acceptors (Lipinski definition) is 3. The number of nitrogens with one attached hydrogen (secondary N) is 2. The minimum atomic E-state index is -0.409. The Kier molecular flexibility index (Phi) is 4.47. The summed E-state index contributed by atoms with van der Waals surface area (Å²) in [6.45, 7) is 1.64. The van der Waals surface area contributed by atoms with Crippen molar-refractivity contribution in [1.82, 2.24) is 9.78 Å². The lowest BCUT2D eigenvalue weighted by molar-refractivity contribution is -0.116. The molecule has 0 aliphatic heterocycles. The molecule has 2 aromatic carbocycles. The lowest BCUT2D eigenvalue weighted by Gasteiger charge is -2.08. The van der Waals surface area contributed by atoms with Crippen molar-refractivity contribution in [2.45, 2.75) is 19.9 Å². The molecule has 0 atom stereocenters. The van der Waals surface area contributed by atoms with Gasteiger partial charge in [0.25, 0.3) is 11.1 Å². The maximum Gasteiger partial charge on any atom is 0.273 e. The van der Waals surface area contributed by atoms with Crippen LogP contribution in [0.5, 0.6) is 0 Å². The Morgan fingerprint density at radius 3 is 2.60 bits per heavy atom. The zero-order valence-electron chi connectivity index (χ0n) is 13.5. The summed E-state index contributed by atoms with van der Waals surface area (Å²) in [6.07, 6.45) is -0.0380. The number of aromatic nitrogens is 2. The predicted octanol–water partition coefficient (Wildman–Crippen LogP) is 2.17. The van der Waals surface area contributed by atoms with Gasteiger partial charge in [0.05, 0.1) is 17.3 Å². The number of fused-ring (bicyclic) bond motifs is 1. The van der Waals surface area contributed by atoms with E-state index in [4.69, 9.17) is 0 Å². The Labute approximate surface area is 141 Å². The van der Waals surface area contributed by atoms with Crippen LogP contribution in [0.1, 0.15) is 12.0 Å². The van der Waals surface area contributed by atoms with E-state index in [9.17, 15) is 18.8 Å². The Balaban J connectivity index is 1.75. The van der Waals surface area contributed by atoms with E-state index in [0.717, 1.165) is 4.68 Å². The number of benzene rings is 2. The Morgan fingerprint density at radius 2 is 1.88 bits per heavy atom. The maximum atomic E-state index is 13.5. The van der Waals surface area contributed by atoms with E-state index >= 15 is 0 Å². The van der Waals surface area contributed by atoms with Gasteiger partial charge in [0.2, 0.25) is 5.91 Å². The second-order valence-electron chi connectivity index (χ2n) is 5.71. The second-order valence-corrected chi connectivity index (χ2v) is 5.71. The topological polar surface area (TPSA) is 84.0 Å². The molecule has 0 radical (unpaired) electrons. The molecule has 6 nitrogen and oxygen atoms in total. The Hall–Kier alpha value is -3.22. The molecular weight excluding hydrogens is 325 g/mol. The number of aromatic amines is 1. The van der Waals surface area contributed by atoms with E-state index in [1.807, 2.05) is 0 Å². The third kappa shape index (κ3) is 3.50. The molecule has 0 bridgehead atoms. The van der Waals surface area contributed by atoms with Gasteiger partial charge in [-0.1, -0.05) is 18.2 Å². The summed E-state index contributed by atoms with van der Waals surface area (Å²) >= 11 is 0. The van der Waals surface area contributed by atoms with Crippen molar-refractivity contribution in [3.63, 3.8) is 0 Å². The van der Waals surface area contributed by atoms with E-state index in [2.05, 4.69) is 10.4 Å². The van der Waals surface area contributed by atoms with Gasteiger partial charge in [-0.25, -0.2) is 9.07 Å². The summed E-state index contributed by atoms with van der Waals surface area (Å²) in [5, 5.41) is 5.64. The molecule has 0 saturated carbocycles. The molecule has 0 fully saturated rings. The summed E-state index contributed by atoms with van der Waals surface area (Å²) < 4.78 is 14.6. The first kappa shape index (κ1) is 16.6. The number of hydrogen-bond donors (Lipinski definition) is 2. The van der Waals surface area contributed by atoms with Crippen LogP contribution in [0.15, 0.2) is 52.1 Å². The first-order valence-electron chi connectivity index (χ1n) is 7.73. The number of halogens is 1. The van der Waals surface area contributed by atoms with Gasteiger partial charge in [0.15, 0.2) is 0 Å². The molecule has 7 heteroatoms. The third-order valence-corrected chi connectivity index (χ3v) is 3.90. The van der Waals surface area contributed by atoms with Crippen LogP contribution in [-0.2, 0) is 11.3 Å². The zero-order chi connectivity index (χ0) is 18.0. The molecular formula is C18H16FN3O3. The highest BCUT2D eigenvalue weighted by atomic mass is 19.1. The monoisotopic (exact) mass is 341 g/mol. The minimum absolute atomic E-state index is 0.0130.